The van der Waals surface area contributed by atoms with Gasteiger partial charge in [-0.3, -0.25) is 0 Å². The molecule has 0 radical (unpaired) electrons. The monoisotopic (exact) mass is 113 g/mol. The Kier molecular flexibility index (Phi) is 20.2. The van der Waals surface area contributed by atoms with Crippen molar-refractivity contribution in [3.63, 3.8) is 0 Å². The van der Waals surface area contributed by atoms with Gasteiger partial charge in [0.05, 0.1) is 0 Å². The first-order valence-electron chi connectivity index (χ1n) is 0.309. The van der Waals surface area contributed by atoms with Crippen LogP contribution in [-0.2, 0) is 22.5 Å². The molecule has 0 bridgehead atoms. The minimum atomic E-state index is -1.44. The Labute approximate surface area is 45.7 Å². The average molecular weight is 113 g/mol. The van der Waals surface area contributed by atoms with Crippen LogP contribution in [0.15, 0.2) is 0 Å². The van der Waals surface area contributed by atoms with Crippen LogP contribution in [0.25, 0.3) is 0 Å². The van der Waals surface area contributed by atoms with Crippen molar-refractivity contribution in [1.29, 1.82) is 0 Å². The second-order valence-corrected chi connectivity index (χ2v) is 0.260. The Balaban J connectivity index is 0. The summed E-state index contributed by atoms with van der Waals surface area (Å²) in [6, 6.07) is 0. The van der Waals surface area contributed by atoms with Crippen LogP contribution in [0.4, 0.5) is 0 Å². The Hall–Kier alpha value is 0.886. The first kappa shape index (κ1) is 8.86. The van der Waals surface area contributed by atoms with Crippen molar-refractivity contribution in [2.75, 3.05) is 0 Å². The fourth-order valence-corrected chi connectivity index (χ4v) is 0. The second kappa shape index (κ2) is 9.10. The van der Waals surface area contributed by atoms with E-state index in [0.29, 0.717) is 0 Å². The van der Waals surface area contributed by atoms with Crippen LogP contribution in [0.3, 0.4) is 0 Å². The fraction of sp³-hybridized carbons (Fsp3) is 0. The zero-order chi connectivity index (χ0) is 2.71. The van der Waals surface area contributed by atoms with Crippen LogP contribution in [-0.4, -0.2) is 23.1 Å². The molecule has 0 rings (SSSR count). The molecule has 2 nitrogen and oxygen atoms in total. The van der Waals surface area contributed by atoms with Crippen molar-refractivity contribution in [2.24, 2.45) is 0 Å². The molecule has 4 heavy (non-hydrogen) atoms. The molecule has 0 amide bonds. The molecule has 0 fully saturated rings. The van der Waals surface area contributed by atoms with E-state index in [-0.39, 0.29) is 23.1 Å². The van der Waals surface area contributed by atoms with Crippen molar-refractivity contribution in [3.8, 4) is 0 Å². The van der Waals surface area contributed by atoms with Crippen LogP contribution >= 0.6 is 0 Å². The molecular weight excluding hydrogens is 111 g/mol. The Morgan fingerprint density at radius 3 is 1.25 bits per heavy atom. The normalized spacial score (nSPS) is 3.00. The fourth-order valence-electron chi connectivity index (χ4n) is 0. The number of rotatable bonds is 0. The van der Waals surface area contributed by atoms with Crippen LogP contribution in [0.1, 0.15) is 0 Å². The van der Waals surface area contributed by atoms with E-state index in [0.717, 1.165) is 0 Å². The van der Waals surface area contributed by atoms with Gasteiger partial charge in [-0.05, 0) is 0 Å². The van der Waals surface area contributed by atoms with Gasteiger partial charge in [-0.15, -0.1) is 0 Å². The SMILES string of the molecule is [MgH2].[O]=[Mn]=[O]. The molecule has 0 aliphatic heterocycles. The van der Waals surface area contributed by atoms with E-state index < -0.39 is 14.8 Å². The van der Waals surface area contributed by atoms with E-state index in [4.69, 9.17) is 7.67 Å². The van der Waals surface area contributed by atoms with Gasteiger partial charge in [0.25, 0.3) is 0 Å². The van der Waals surface area contributed by atoms with Crippen LogP contribution in [0, 0.1) is 0 Å². The molecule has 0 aromatic carbocycles. The molecule has 0 saturated heterocycles. The summed E-state index contributed by atoms with van der Waals surface area (Å²) in [6.07, 6.45) is 0. The minimum absolute atomic E-state index is 0. The Bertz CT molecular complexity index is 27.0. The van der Waals surface area contributed by atoms with Gasteiger partial charge in [-0.2, -0.15) is 0 Å². The molecule has 0 spiro atoms. The summed E-state index contributed by atoms with van der Waals surface area (Å²) in [4.78, 5) is 0. The third kappa shape index (κ3) is 13.1. The van der Waals surface area contributed by atoms with Gasteiger partial charge in [-0.25, -0.2) is 0 Å². The maximum absolute atomic E-state index is 8.41. The summed E-state index contributed by atoms with van der Waals surface area (Å²) in [5.74, 6) is 0. The maximum atomic E-state index is 8.41. The summed E-state index contributed by atoms with van der Waals surface area (Å²) in [5.41, 5.74) is 0. The van der Waals surface area contributed by atoms with E-state index in [1.807, 2.05) is 0 Å². The molecule has 0 heterocycles. The molecule has 0 unspecified atom stereocenters. The molecule has 0 atom stereocenters. The zero-order valence-electron chi connectivity index (χ0n) is 1.19. The first-order chi connectivity index (χ1) is 1.41. The summed E-state index contributed by atoms with van der Waals surface area (Å²) >= 11 is -1.44. The summed E-state index contributed by atoms with van der Waals surface area (Å²) < 4.78 is 16.8. The van der Waals surface area contributed by atoms with Crippen molar-refractivity contribution >= 4 is 23.1 Å². The summed E-state index contributed by atoms with van der Waals surface area (Å²) in [6.45, 7) is 0. The van der Waals surface area contributed by atoms with E-state index in [2.05, 4.69) is 0 Å². The van der Waals surface area contributed by atoms with Crippen molar-refractivity contribution in [3.05, 3.63) is 0 Å². The molecule has 0 aliphatic rings. The van der Waals surface area contributed by atoms with Crippen LogP contribution < -0.4 is 0 Å². The Morgan fingerprint density at radius 2 is 1.25 bits per heavy atom. The van der Waals surface area contributed by atoms with E-state index >= 15 is 0 Å². The molecule has 23 valence electrons. The molecular formula is H2MgMnO2. The summed E-state index contributed by atoms with van der Waals surface area (Å²) in [5, 5.41) is 0. The third-order valence-electron chi connectivity index (χ3n) is 0. The van der Waals surface area contributed by atoms with Crippen molar-refractivity contribution < 1.29 is 22.5 Å². The summed E-state index contributed by atoms with van der Waals surface area (Å²) in [7, 11) is 0. The molecule has 0 saturated carbocycles. The Morgan fingerprint density at radius 1 is 1.25 bits per heavy atom. The molecule has 0 N–H and O–H groups in total. The predicted octanol–water partition coefficient (Wildman–Crippen LogP) is -1.16. The number of hydrogen-bond acceptors (Lipinski definition) is 2. The van der Waals surface area contributed by atoms with Gasteiger partial charge in [0.15, 0.2) is 0 Å². The topological polar surface area (TPSA) is 34.1 Å². The first-order valence-corrected chi connectivity index (χ1v) is 1.27. The molecule has 0 aromatic heterocycles. The van der Waals surface area contributed by atoms with Gasteiger partial charge in [-0.1, -0.05) is 0 Å². The second-order valence-electron chi connectivity index (χ2n) is 0.0630. The van der Waals surface area contributed by atoms with E-state index in [1.165, 1.54) is 0 Å². The van der Waals surface area contributed by atoms with Gasteiger partial charge in [0, 0.05) is 0 Å². The quantitative estimate of drug-likeness (QED) is 0.372. The predicted molar refractivity (Wildman–Crippen MR) is 9.92 cm³/mol. The standard InChI is InChI=1S/Mg.Mn.2O.2H. The van der Waals surface area contributed by atoms with Crippen LogP contribution in [0.5, 0.6) is 0 Å². The van der Waals surface area contributed by atoms with Crippen molar-refractivity contribution in [1.82, 2.24) is 0 Å². The molecule has 4 heteroatoms. The number of hydrogen-bond donors (Lipinski definition) is 0. The van der Waals surface area contributed by atoms with E-state index in [9.17, 15) is 0 Å². The average Bonchev–Trinajstić information content (AvgIpc) is 0.918. The zero-order valence-corrected chi connectivity index (χ0v) is 2.37. The van der Waals surface area contributed by atoms with Crippen molar-refractivity contribution in [2.45, 2.75) is 0 Å². The third-order valence-corrected chi connectivity index (χ3v) is 0. The van der Waals surface area contributed by atoms with Crippen LogP contribution in [0.2, 0.25) is 0 Å². The van der Waals surface area contributed by atoms with Gasteiger partial charge in [0.1, 0.15) is 0 Å². The van der Waals surface area contributed by atoms with Gasteiger partial charge < -0.3 is 0 Å². The van der Waals surface area contributed by atoms with E-state index in [1.54, 1.807) is 0 Å². The van der Waals surface area contributed by atoms with Gasteiger partial charge >= 0.3 is 45.5 Å². The molecule has 0 aliphatic carbocycles. The molecule has 0 aromatic rings. The van der Waals surface area contributed by atoms with Gasteiger partial charge in [0.2, 0.25) is 0 Å².